The number of amides is 1. The minimum absolute atomic E-state index is 0.105. The smallest absolute Gasteiger partial charge is 0.416 e. The zero-order valence-electron chi connectivity index (χ0n) is 18.8. The summed E-state index contributed by atoms with van der Waals surface area (Å²) in [7, 11) is 1.38. The number of halogens is 3. The maximum absolute atomic E-state index is 12.9. The van der Waals surface area contributed by atoms with E-state index >= 15 is 0 Å². The van der Waals surface area contributed by atoms with Crippen molar-refractivity contribution >= 4 is 23.4 Å². The molecule has 8 nitrogen and oxygen atoms in total. The van der Waals surface area contributed by atoms with Crippen LogP contribution in [0.4, 0.5) is 24.5 Å². The molecule has 35 heavy (non-hydrogen) atoms. The first-order valence-corrected chi connectivity index (χ1v) is 10.1. The third-order valence-corrected chi connectivity index (χ3v) is 5.20. The van der Waals surface area contributed by atoms with Crippen LogP contribution in [0.3, 0.4) is 0 Å². The van der Waals surface area contributed by atoms with Crippen molar-refractivity contribution in [2.75, 3.05) is 12.4 Å². The Morgan fingerprint density at radius 3 is 2.51 bits per heavy atom. The first-order chi connectivity index (χ1) is 16.5. The number of nitro groups is 1. The van der Waals surface area contributed by atoms with Crippen LogP contribution in [0.2, 0.25) is 0 Å². The second-order valence-electron chi connectivity index (χ2n) is 7.48. The van der Waals surface area contributed by atoms with Gasteiger partial charge in [-0.15, -0.1) is 0 Å². The number of rotatable bonds is 6. The predicted molar refractivity (Wildman–Crippen MR) is 122 cm³/mol. The average molecular weight is 484 g/mol. The molecular formula is C24H19F3N4O4. The summed E-state index contributed by atoms with van der Waals surface area (Å²) in [6.07, 6.45) is -3.26. The van der Waals surface area contributed by atoms with Gasteiger partial charge in [-0.05, 0) is 55.8 Å². The van der Waals surface area contributed by atoms with Crippen LogP contribution in [0.25, 0.3) is 11.8 Å². The van der Waals surface area contributed by atoms with E-state index in [0.29, 0.717) is 22.6 Å². The van der Waals surface area contributed by atoms with E-state index in [4.69, 9.17) is 4.74 Å². The number of hydrogen-bond donors (Lipinski definition) is 1. The summed E-state index contributed by atoms with van der Waals surface area (Å²) < 4.78 is 45.9. The SMILES string of the molecule is COc1cc([N+](=O)[O-])ccc1-n1c(C)cc(/C=C(/C#N)C(=O)Nc2cccc(C(F)(F)F)c2)c1C. The number of nitrogens with one attached hydrogen (secondary N) is 1. The summed E-state index contributed by atoms with van der Waals surface area (Å²) in [5.41, 5.74) is 0.805. The third-order valence-electron chi connectivity index (χ3n) is 5.20. The lowest BCUT2D eigenvalue weighted by atomic mass is 10.1. The van der Waals surface area contributed by atoms with Crippen LogP contribution in [-0.4, -0.2) is 22.5 Å². The number of hydrogen-bond acceptors (Lipinski definition) is 5. The van der Waals surface area contributed by atoms with Crippen LogP contribution in [0.1, 0.15) is 22.5 Å². The molecule has 11 heteroatoms. The molecule has 0 bridgehead atoms. The van der Waals surface area contributed by atoms with Crippen LogP contribution in [0, 0.1) is 35.3 Å². The number of nitro benzene ring substituents is 1. The van der Waals surface area contributed by atoms with Crippen LogP contribution in [0.15, 0.2) is 54.1 Å². The van der Waals surface area contributed by atoms with Crippen molar-refractivity contribution in [3.05, 3.63) is 86.7 Å². The minimum atomic E-state index is -4.58. The molecule has 3 rings (SSSR count). The third kappa shape index (κ3) is 5.33. The minimum Gasteiger partial charge on any atom is -0.494 e. The number of aryl methyl sites for hydroxylation is 1. The second kappa shape index (κ2) is 9.72. The zero-order valence-corrected chi connectivity index (χ0v) is 18.8. The summed E-state index contributed by atoms with van der Waals surface area (Å²) in [6, 6.07) is 11.7. The van der Waals surface area contributed by atoms with Gasteiger partial charge in [-0.25, -0.2) is 0 Å². The molecule has 180 valence electrons. The summed E-state index contributed by atoms with van der Waals surface area (Å²) >= 11 is 0. The molecule has 1 N–H and O–H groups in total. The molecule has 2 aromatic carbocycles. The number of carbonyl (C=O) groups excluding carboxylic acids is 1. The van der Waals surface area contributed by atoms with E-state index in [0.717, 1.165) is 18.2 Å². The highest BCUT2D eigenvalue weighted by molar-refractivity contribution is 6.09. The molecule has 0 aliphatic heterocycles. The first-order valence-electron chi connectivity index (χ1n) is 10.1. The molecule has 0 aliphatic rings. The van der Waals surface area contributed by atoms with Crippen molar-refractivity contribution in [1.29, 1.82) is 5.26 Å². The van der Waals surface area contributed by atoms with Gasteiger partial charge < -0.3 is 14.6 Å². The molecule has 0 aliphatic carbocycles. The number of carbonyl (C=O) groups is 1. The fourth-order valence-corrected chi connectivity index (χ4v) is 3.54. The maximum atomic E-state index is 12.9. The summed E-state index contributed by atoms with van der Waals surface area (Å²) in [5, 5.41) is 22.9. The molecule has 0 saturated heterocycles. The van der Waals surface area contributed by atoms with Gasteiger partial charge in [-0.1, -0.05) is 6.07 Å². The summed E-state index contributed by atoms with van der Waals surface area (Å²) in [6.45, 7) is 3.49. The Balaban J connectivity index is 1.97. The average Bonchev–Trinajstić information content (AvgIpc) is 3.08. The van der Waals surface area contributed by atoms with Gasteiger partial charge >= 0.3 is 6.18 Å². The molecule has 1 heterocycles. The first kappa shape index (κ1) is 25.0. The Bertz CT molecular complexity index is 1380. The number of alkyl halides is 3. The molecule has 3 aromatic rings. The number of nitrogens with zero attached hydrogens (tertiary/aromatic N) is 3. The Morgan fingerprint density at radius 1 is 1.20 bits per heavy atom. The lowest BCUT2D eigenvalue weighted by Crippen LogP contribution is -2.14. The fraction of sp³-hybridized carbons (Fsp3) is 0.167. The quantitative estimate of drug-likeness (QED) is 0.213. The lowest BCUT2D eigenvalue weighted by molar-refractivity contribution is -0.384. The highest BCUT2D eigenvalue weighted by atomic mass is 19.4. The number of ether oxygens (including phenoxy) is 1. The van der Waals surface area contributed by atoms with Crippen LogP contribution < -0.4 is 10.1 Å². The Labute approximate surface area is 198 Å². The molecule has 0 radical (unpaired) electrons. The normalized spacial score (nSPS) is 11.6. The maximum Gasteiger partial charge on any atom is 0.416 e. The molecule has 0 saturated carbocycles. The fourth-order valence-electron chi connectivity index (χ4n) is 3.54. The van der Waals surface area contributed by atoms with E-state index in [1.807, 2.05) is 0 Å². The zero-order chi connectivity index (χ0) is 25.9. The van der Waals surface area contributed by atoms with Gasteiger partial charge in [0, 0.05) is 23.1 Å². The standard InChI is InChI=1S/C24H19F3N4O4/c1-14-9-16(15(2)30(14)21-8-7-20(31(33)34)12-22(21)35-3)10-17(13-28)23(32)29-19-6-4-5-18(11-19)24(25,26)27/h4-12H,1-3H3,(H,29,32)/b17-10-. The van der Waals surface area contributed by atoms with Gasteiger partial charge in [0.15, 0.2) is 0 Å². The molecular weight excluding hydrogens is 465 g/mol. The van der Waals surface area contributed by atoms with Crippen LogP contribution in [0.5, 0.6) is 5.75 Å². The highest BCUT2D eigenvalue weighted by Crippen LogP contribution is 2.33. The summed E-state index contributed by atoms with van der Waals surface area (Å²) in [5.74, 6) is -0.621. The largest absolute Gasteiger partial charge is 0.494 e. The van der Waals surface area contributed by atoms with Gasteiger partial charge in [-0.2, -0.15) is 18.4 Å². The number of methoxy groups -OCH3 is 1. The van der Waals surface area contributed by atoms with E-state index in [-0.39, 0.29) is 22.7 Å². The van der Waals surface area contributed by atoms with Gasteiger partial charge in [0.05, 0.1) is 29.4 Å². The van der Waals surface area contributed by atoms with Gasteiger partial charge in [0.25, 0.3) is 11.6 Å². The van der Waals surface area contributed by atoms with Crippen molar-refractivity contribution in [3.63, 3.8) is 0 Å². The van der Waals surface area contributed by atoms with Gasteiger partial charge in [0.1, 0.15) is 17.4 Å². The second-order valence-corrected chi connectivity index (χ2v) is 7.48. The van der Waals surface area contributed by atoms with Crippen LogP contribution in [-0.2, 0) is 11.0 Å². The van der Waals surface area contributed by atoms with E-state index in [1.54, 1.807) is 30.6 Å². The van der Waals surface area contributed by atoms with Crippen molar-refractivity contribution in [2.24, 2.45) is 0 Å². The van der Waals surface area contributed by atoms with Crippen molar-refractivity contribution in [2.45, 2.75) is 20.0 Å². The van der Waals surface area contributed by atoms with E-state index in [2.05, 4.69) is 5.32 Å². The van der Waals surface area contributed by atoms with Crippen molar-refractivity contribution in [1.82, 2.24) is 4.57 Å². The predicted octanol–water partition coefficient (Wildman–Crippen LogP) is 5.58. The molecule has 0 unspecified atom stereocenters. The molecule has 0 fully saturated rings. The molecule has 0 spiro atoms. The van der Waals surface area contributed by atoms with Crippen LogP contribution >= 0.6 is 0 Å². The van der Waals surface area contributed by atoms with E-state index in [1.165, 1.54) is 37.5 Å². The Morgan fingerprint density at radius 2 is 1.91 bits per heavy atom. The number of benzene rings is 2. The highest BCUT2D eigenvalue weighted by Gasteiger charge is 2.30. The Kier molecular flexibility index (Phi) is 6.96. The number of anilines is 1. The number of aromatic nitrogens is 1. The molecule has 0 atom stereocenters. The lowest BCUT2D eigenvalue weighted by Gasteiger charge is -2.14. The number of non-ortho nitro benzene ring substituents is 1. The van der Waals surface area contributed by atoms with Crippen molar-refractivity contribution < 1.29 is 27.6 Å². The van der Waals surface area contributed by atoms with E-state index < -0.39 is 22.6 Å². The monoisotopic (exact) mass is 484 g/mol. The topological polar surface area (TPSA) is 110 Å². The number of nitriles is 1. The van der Waals surface area contributed by atoms with E-state index in [9.17, 15) is 33.3 Å². The molecule has 1 aromatic heterocycles. The summed E-state index contributed by atoms with van der Waals surface area (Å²) in [4.78, 5) is 23.1. The van der Waals surface area contributed by atoms with Gasteiger partial charge in [-0.3, -0.25) is 14.9 Å². The molecule has 1 amide bonds. The van der Waals surface area contributed by atoms with Crippen molar-refractivity contribution in [3.8, 4) is 17.5 Å². The Hall–Kier alpha value is -4.59. The van der Waals surface area contributed by atoms with Gasteiger partial charge in [0.2, 0.25) is 0 Å².